The average Bonchev–Trinajstić information content (AvgIpc) is 2.89. The molecule has 3 N–H and O–H groups in total. The molecule has 0 spiro atoms. The molecule has 118 valence electrons. The highest BCUT2D eigenvalue weighted by molar-refractivity contribution is 5.79. The van der Waals surface area contributed by atoms with Gasteiger partial charge in [-0.15, -0.1) is 0 Å². The predicted molar refractivity (Wildman–Crippen MR) is 81.7 cm³/mol. The van der Waals surface area contributed by atoms with Crippen LogP contribution in [0.5, 0.6) is 11.6 Å². The summed E-state index contributed by atoms with van der Waals surface area (Å²) in [6.45, 7) is 2.22. The Hall–Kier alpha value is -2.71. The largest absolute Gasteiger partial charge is 0.436 e. The Morgan fingerprint density at radius 3 is 3.13 bits per heavy atom. The Bertz CT molecular complexity index is 879. The highest BCUT2D eigenvalue weighted by atomic mass is 16.5. The van der Waals surface area contributed by atoms with Gasteiger partial charge in [-0.3, -0.25) is 10.3 Å². The van der Waals surface area contributed by atoms with Gasteiger partial charge in [-0.2, -0.15) is 4.98 Å². The molecule has 0 saturated heterocycles. The Kier molecular flexibility index (Phi) is 3.14. The van der Waals surface area contributed by atoms with Gasteiger partial charge in [0, 0.05) is 6.04 Å². The minimum atomic E-state index is -0.120. The number of benzene rings is 1. The van der Waals surface area contributed by atoms with Crippen molar-refractivity contribution < 1.29 is 14.5 Å². The molecule has 1 unspecified atom stereocenters. The molecule has 3 heterocycles. The number of anilines is 1. The number of aryl methyl sites for hydroxylation is 1. The molecule has 8 heteroatoms. The Labute approximate surface area is 131 Å². The van der Waals surface area contributed by atoms with Crippen molar-refractivity contribution >= 4 is 16.8 Å². The first-order chi connectivity index (χ1) is 11.1. The summed E-state index contributed by atoms with van der Waals surface area (Å²) in [5.74, 6) is 0.886. The van der Waals surface area contributed by atoms with E-state index in [1.54, 1.807) is 19.1 Å². The summed E-state index contributed by atoms with van der Waals surface area (Å²) in [5, 5.41) is 15.0. The zero-order chi connectivity index (χ0) is 16.0. The third kappa shape index (κ3) is 2.37. The van der Waals surface area contributed by atoms with E-state index in [4.69, 9.17) is 15.0 Å². The number of nitrogens with zero attached hydrogens (tertiary/aromatic N) is 4. The molecule has 0 fully saturated rings. The molecule has 1 aliphatic rings. The molecule has 1 aromatic carbocycles. The average molecular weight is 313 g/mol. The lowest BCUT2D eigenvalue weighted by atomic mass is 10.00. The van der Waals surface area contributed by atoms with E-state index in [2.05, 4.69) is 15.1 Å². The van der Waals surface area contributed by atoms with Crippen LogP contribution in [0.25, 0.3) is 11.1 Å². The maximum absolute atomic E-state index is 9.93. The van der Waals surface area contributed by atoms with Crippen molar-refractivity contribution in [2.45, 2.75) is 19.4 Å². The summed E-state index contributed by atoms with van der Waals surface area (Å²) in [4.78, 5) is 8.24. The normalized spacial score (nSPS) is 17.3. The SMILES string of the molecule is Cc1noc2c(Oc3ccc4c(c3)CC(N)CN4O)ncnc12. The van der Waals surface area contributed by atoms with Gasteiger partial charge in [0.25, 0.3) is 5.88 Å². The van der Waals surface area contributed by atoms with Gasteiger partial charge < -0.3 is 15.0 Å². The van der Waals surface area contributed by atoms with Crippen molar-refractivity contribution in [1.82, 2.24) is 15.1 Å². The van der Waals surface area contributed by atoms with Crippen LogP contribution in [-0.4, -0.2) is 32.9 Å². The number of aromatic nitrogens is 3. The number of rotatable bonds is 2. The van der Waals surface area contributed by atoms with E-state index in [0.717, 1.165) is 16.3 Å². The topological polar surface area (TPSA) is 111 Å². The zero-order valence-electron chi connectivity index (χ0n) is 12.4. The third-order valence-corrected chi connectivity index (χ3v) is 3.82. The Morgan fingerprint density at radius 1 is 1.39 bits per heavy atom. The minimum Gasteiger partial charge on any atom is -0.436 e. The van der Waals surface area contributed by atoms with Crippen LogP contribution in [0.3, 0.4) is 0 Å². The van der Waals surface area contributed by atoms with Crippen LogP contribution >= 0.6 is 0 Å². The standard InChI is InChI=1S/C15H15N5O3/c1-8-13-14(23-19-8)15(18-7-17-13)22-11-2-3-12-9(5-11)4-10(16)6-20(12)21/h2-3,5,7,10,21H,4,6,16H2,1H3. The summed E-state index contributed by atoms with van der Waals surface area (Å²) in [6, 6.07) is 5.27. The summed E-state index contributed by atoms with van der Waals surface area (Å²) >= 11 is 0. The smallest absolute Gasteiger partial charge is 0.269 e. The molecule has 4 rings (SSSR count). The summed E-state index contributed by atoms with van der Waals surface area (Å²) in [7, 11) is 0. The van der Waals surface area contributed by atoms with Crippen molar-refractivity contribution in [3.8, 4) is 11.6 Å². The second-order valence-electron chi connectivity index (χ2n) is 5.56. The van der Waals surface area contributed by atoms with Crippen LogP contribution in [-0.2, 0) is 6.42 Å². The first-order valence-corrected chi connectivity index (χ1v) is 7.21. The molecule has 0 bridgehead atoms. The maximum atomic E-state index is 9.93. The van der Waals surface area contributed by atoms with Gasteiger partial charge in [0.2, 0.25) is 5.58 Å². The van der Waals surface area contributed by atoms with Gasteiger partial charge in [0.05, 0.1) is 12.2 Å². The number of hydroxylamine groups is 1. The molecule has 8 nitrogen and oxygen atoms in total. The minimum absolute atomic E-state index is 0.120. The highest BCUT2D eigenvalue weighted by Gasteiger charge is 2.22. The molecule has 0 amide bonds. The molecule has 2 aromatic heterocycles. The second-order valence-corrected chi connectivity index (χ2v) is 5.56. The number of hydrogen-bond donors (Lipinski definition) is 2. The molecule has 23 heavy (non-hydrogen) atoms. The maximum Gasteiger partial charge on any atom is 0.269 e. The van der Waals surface area contributed by atoms with Crippen LogP contribution < -0.4 is 15.5 Å². The van der Waals surface area contributed by atoms with Crippen molar-refractivity contribution in [2.75, 3.05) is 11.6 Å². The quantitative estimate of drug-likeness (QED) is 0.737. The van der Waals surface area contributed by atoms with Gasteiger partial charge >= 0.3 is 0 Å². The summed E-state index contributed by atoms with van der Waals surface area (Å²) < 4.78 is 11.0. The van der Waals surface area contributed by atoms with Crippen molar-refractivity contribution in [3.05, 3.63) is 35.8 Å². The molecule has 0 radical (unpaired) electrons. The highest BCUT2D eigenvalue weighted by Crippen LogP contribution is 2.33. The molecule has 1 atom stereocenters. The van der Waals surface area contributed by atoms with Gasteiger partial charge in [-0.05, 0) is 37.1 Å². The third-order valence-electron chi connectivity index (χ3n) is 3.82. The molecule has 0 saturated carbocycles. The van der Waals surface area contributed by atoms with E-state index < -0.39 is 0 Å². The van der Waals surface area contributed by atoms with E-state index in [9.17, 15) is 5.21 Å². The van der Waals surface area contributed by atoms with E-state index in [0.29, 0.717) is 41.4 Å². The second kappa shape index (κ2) is 5.18. The lowest BCUT2D eigenvalue weighted by Crippen LogP contribution is -2.41. The van der Waals surface area contributed by atoms with Crippen LogP contribution in [0.15, 0.2) is 29.0 Å². The van der Waals surface area contributed by atoms with Crippen molar-refractivity contribution in [2.24, 2.45) is 5.73 Å². The number of ether oxygens (including phenoxy) is 1. The van der Waals surface area contributed by atoms with Gasteiger partial charge in [-0.1, -0.05) is 5.16 Å². The fourth-order valence-electron chi connectivity index (χ4n) is 2.75. The van der Waals surface area contributed by atoms with Gasteiger partial charge in [0.15, 0.2) is 0 Å². The molecular weight excluding hydrogens is 298 g/mol. The van der Waals surface area contributed by atoms with Crippen LogP contribution in [0.1, 0.15) is 11.3 Å². The lowest BCUT2D eigenvalue weighted by Gasteiger charge is -2.29. The molecule has 0 aliphatic carbocycles. The summed E-state index contributed by atoms with van der Waals surface area (Å²) in [5.41, 5.74) is 9.30. The van der Waals surface area contributed by atoms with Crippen molar-refractivity contribution in [3.63, 3.8) is 0 Å². The van der Waals surface area contributed by atoms with Crippen molar-refractivity contribution in [1.29, 1.82) is 0 Å². The summed E-state index contributed by atoms with van der Waals surface area (Å²) in [6.07, 6.45) is 2.08. The molecular formula is C15H15N5O3. The number of nitrogens with two attached hydrogens (primary N) is 1. The molecule has 3 aromatic rings. The number of fused-ring (bicyclic) bond motifs is 2. The molecule has 1 aliphatic heterocycles. The fraction of sp³-hybridized carbons (Fsp3) is 0.267. The van der Waals surface area contributed by atoms with Gasteiger partial charge in [0.1, 0.15) is 23.3 Å². The van der Waals surface area contributed by atoms with E-state index >= 15 is 0 Å². The Balaban J connectivity index is 1.70. The lowest BCUT2D eigenvalue weighted by molar-refractivity contribution is 0.238. The first kappa shape index (κ1) is 13.9. The zero-order valence-corrected chi connectivity index (χ0v) is 12.4. The van der Waals surface area contributed by atoms with Crippen LogP contribution in [0, 0.1) is 6.92 Å². The van der Waals surface area contributed by atoms with E-state index in [1.807, 2.05) is 6.07 Å². The van der Waals surface area contributed by atoms with E-state index in [-0.39, 0.29) is 6.04 Å². The van der Waals surface area contributed by atoms with Gasteiger partial charge in [-0.25, -0.2) is 4.98 Å². The van der Waals surface area contributed by atoms with Crippen LogP contribution in [0.4, 0.5) is 5.69 Å². The van der Waals surface area contributed by atoms with E-state index in [1.165, 1.54) is 6.33 Å². The number of hydrogen-bond acceptors (Lipinski definition) is 8. The van der Waals surface area contributed by atoms with Crippen LogP contribution in [0.2, 0.25) is 0 Å². The first-order valence-electron chi connectivity index (χ1n) is 7.21. The fourth-order valence-corrected chi connectivity index (χ4v) is 2.75. The Morgan fingerprint density at radius 2 is 2.26 bits per heavy atom. The monoisotopic (exact) mass is 313 g/mol. The predicted octanol–water partition coefficient (Wildman–Crippen LogP) is 1.80.